The number of hydrogen-bond donors (Lipinski definition) is 2. The molecule has 3 rings (SSSR count). The lowest BCUT2D eigenvalue weighted by Gasteiger charge is -2.19. The fourth-order valence-electron chi connectivity index (χ4n) is 2.89. The molecule has 0 radical (unpaired) electrons. The molecule has 156 valence electrons. The molecule has 0 aliphatic rings. The van der Waals surface area contributed by atoms with Gasteiger partial charge in [-0.25, -0.2) is 9.78 Å². The van der Waals surface area contributed by atoms with Crippen molar-refractivity contribution in [2.75, 3.05) is 18.4 Å². The van der Waals surface area contributed by atoms with Crippen molar-refractivity contribution < 1.29 is 9.53 Å². The van der Waals surface area contributed by atoms with E-state index < -0.39 is 11.7 Å². The summed E-state index contributed by atoms with van der Waals surface area (Å²) in [5.41, 5.74) is 3.22. The molecule has 0 atom stereocenters. The van der Waals surface area contributed by atoms with Gasteiger partial charge in [0.2, 0.25) is 0 Å². The minimum Gasteiger partial charge on any atom is -0.444 e. The van der Waals surface area contributed by atoms with E-state index in [1.807, 2.05) is 81.4 Å². The number of carbonyl (C=O) groups excluding carboxylic acids is 1. The Hall–Kier alpha value is -3.41. The molecule has 30 heavy (non-hydrogen) atoms. The Balaban J connectivity index is 1.65. The quantitative estimate of drug-likeness (QED) is 0.534. The van der Waals surface area contributed by atoms with E-state index >= 15 is 0 Å². The highest BCUT2D eigenvalue weighted by molar-refractivity contribution is 5.78. The number of aromatic nitrogens is 2. The largest absolute Gasteiger partial charge is 0.444 e. The van der Waals surface area contributed by atoms with Crippen LogP contribution in [-0.4, -0.2) is 34.8 Å². The SMILES string of the molecule is CC(C)(C)OC(=O)NCCCNc1cnc(-c2ccccc2)c(-c2ccccc2)n1. The molecule has 1 aromatic heterocycles. The lowest BCUT2D eigenvalue weighted by atomic mass is 10.0. The third-order valence-corrected chi connectivity index (χ3v) is 4.19. The number of nitrogens with one attached hydrogen (secondary N) is 2. The average molecular weight is 405 g/mol. The van der Waals surface area contributed by atoms with Gasteiger partial charge < -0.3 is 15.4 Å². The first-order chi connectivity index (χ1) is 14.4. The van der Waals surface area contributed by atoms with Gasteiger partial charge in [-0.05, 0) is 27.2 Å². The van der Waals surface area contributed by atoms with E-state index in [1.54, 1.807) is 6.20 Å². The van der Waals surface area contributed by atoms with E-state index in [9.17, 15) is 4.79 Å². The highest BCUT2D eigenvalue weighted by Gasteiger charge is 2.15. The van der Waals surface area contributed by atoms with Gasteiger partial charge >= 0.3 is 6.09 Å². The summed E-state index contributed by atoms with van der Waals surface area (Å²) in [4.78, 5) is 21.2. The molecule has 6 heteroatoms. The summed E-state index contributed by atoms with van der Waals surface area (Å²) < 4.78 is 5.23. The molecular weight excluding hydrogens is 376 g/mol. The van der Waals surface area contributed by atoms with Crippen molar-refractivity contribution in [3.63, 3.8) is 0 Å². The molecule has 0 aliphatic heterocycles. The molecule has 0 bridgehead atoms. The second-order valence-corrected chi connectivity index (χ2v) is 7.89. The van der Waals surface area contributed by atoms with Crippen molar-refractivity contribution in [1.29, 1.82) is 0 Å². The molecule has 0 fully saturated rings. The Morgan fingerprint density at radius 3 is 2.10 bits per heavy atom. The van der Waals surface area contributed by atoms with E-state index in [0.717, 1.165) is 28.9 Å². The molecule has 1 amide bonds. The fourth-order valence-corrected chi connectivity index (χ4v) is 2.89. The van der Waals surface area contributed by atoms with Crippen LogP contribution in [0, 0.1) is 0 Å². The highest BCUT2D eigenvalue weighted by Crippen LogP contribution is 2.29. The standard InChI is InChI=1S/C24H28N4O2/c1-24(2,3)30-23(29)26-16-10-15-25-20-17-27-21(18-11-6-4-7-12-18)22(28-20)19-13-8-5-9-14-19/h4-9,11-14,17H,10,15-16H2,1-3H3,(H,25,28)(H,26,29). The summed E-state index contributed by atoms with van der Waals surface area (Å²) in [7, 11) is 0. The van der Waals surface area contributed by atoms with E-state index in [2.05, 4.69) is 15.6 Å². The van der Waals surface area contributed by atoms with Crippen LogP contribution in [0.3, 0.4) is 0 Å². The first-order valence-corrected chi connectivity index (χ1v) is 10.1. The third-order valence-electron chi connectivity index (χ3n) is 4.19. The van der Waals surface area contributed by atoms with Gasteiger partial charge in [0.15, 0.2) is 0 Å². The van der Waals surface area contributed by atoms with Gasteiger partial charge in [0, 0.05) is 24.2 Å². The summed E-state index contributed by atoms with van der Waals surface area (Å²) in [6, 6.07) is 20.1. The summed E-state index contributed by atoms with van der Waals surface area (Å²) in [5, 5.41) is 6.05. The molecular formula is C24H28N4O2. The molecule has 6 nitrogen and oxygen atoms in total. The molecule has 0 unspecified atom stereocenters. The van der Waals surface area contributed by atoms with Crippen LogP contribution < -0.4 is 10.6 Å². The molecule has 0 saturated carbocycles. The maximum absolute atomic E-state index is 11.7. The van der Waals surface area contributed by atoms with Crippen molar-refractivity contribution in [2.24, 2.45) is 0 Å². The Kier molecular flexibility index (Phi) is 7.01. The van der Waals surface area contributed by atoms with Crippen molar-refractivity contribution >= 4 is 11.9 Å². The molecule has 0 aliphatic carbocycles. The topological polar surface area (TPSA) is 76.1 Å². The van der Waals surface area contributed by atoms with Gasteiger partial charge in [-0.3, -0.25) is 4.98 Å². The van der Waals surface area contributed by atoms with Gasteiger partial charge in [0.1, 0.15) is 11.4 Å². The van der Waals surface area contributed by atoms with Crippen LogP contribution in [0.25, 0.3) is 22.5 Å². The van der Waals surface area contributed by atoms with Crippen molar-refractivity contribution in [2.45, 2.75) is 32.8 Å². The van der Waals surface area contributed by atoms with Crippen molar-refractivity contribution in [1.82, 2.24) is 15.3 Å². The molecule has 0 spiro atoms. The van der Waals surface area contributed by atoms with E-state index in [4.69, 9.17) is 9.72 Å². The summed E-state index contributed by atoms with van der Waals surface area (Å²) in [5.74, 6) is 0.700. The van der Waals surface area contributed by atoms with Crippen molar-refractivity contribution in [3.8, 4) is 22.5 Å². The number of rotatable bonds is 7. The second kappa shape index (κ2) is 9.87. The lowest BCUT2D eigenvalue weighted by Crippen LogP contribution is -2.33. The van der Waals surface area contributed by atoms with Crippen LogP contribution in [0.1, 0.15) is 27.2 Å². The van der Waals surface area contributed by atoms with Crippen LogP contribution in [-0.2, 0) is 4.74 Å². The molecule has 2 aromatic carbocycles. The van der Waals surface area contributed by atoms with E-state index in [-0.39, 0.29) is 0 Å². The predicted molar refractivity (Wildman–Crippen MR) is 120 cm³/mol. The Bertz CT molecular complexity index is 954. The number of alkyl carbamates (subject to hydrolysis) is 1. The summed E-state index contributed by atoms with van der Waals surface area (Å²) in [6.07, 6.45) is 2.08. The minimum atomic E-state index is -0.494. The number of carbonyl (C=O) groups is 1. The normalized spacial score (nSPS) is 11.0. The Morgan fingerprint density at radius 1 is 0.900 bits per heavy atom. The highest BCUT2D eigenvalue weighted by atomic mass is 16.6. The number of anilines is 1. The summed E-state index contributed by atoms with van der Waals surface area (Å²) >= 11 is 0. The number of ether oxygens (including phenoxy) is 1. The number of benzene rings is 2. The second-order valence-electron chi connectivity index (χ2n) is 7.89. The van der Waals surface area contributed by atoms with Crippen LogP contribution in [0.4, 0.5) is 10.6 Å². The minimum absolute atomic E-state index is 0.402. The molecule has 1 heterocycles. The molecule has 2 N–H and O–H groups in total. The lowest BCUT2D eigenvalue weighted by molar-refractivity contribution is 0.0528. The van der Waals surface area contributed by atoms with Crippen LogP contribution in [0.5, 0.6) is 0 Å². The number of amides is 1. The number of nitrogens with zero attached hydrogens (tertiary/aromatic N) is 2. The zero-order valence-electron chi connectivity index (χ0n) is 17.7. The third kappa shape index (κ3) is 6.30. The Labute approximate surface area is 177 Å². The smallest absolute Gasteiger partial charge is 0.407 e. The van der Waals surface area contributed by atoms with E-state index in [1.165, 1.54) is 0 Å². The van der Waals surface area contributed by atoms with Gasteiger partial charge in [0.25, 0.3) is 0 Å². The Morgan fingerprint density at radius 2 is 1.50 bits per heavy atom. The average Bonchev–Trinajstić information content (AvgIpc) is 2.73. The van der Waals surface area contributed by atoms with E-state index in [0.29, 0.717) is 18.9 Å². The van der Waals surface area contributed by atoms with Crippen LogP contribution >= 0.6 is 0 Å². The maximum Gasteiger partial charge on any atom is 0.407 e. The van der Waals surface area contributed by atoms with Gasteiger partial charge in [0.05, 0.1) is 17.6 Å². The monoisotopic (exact) mass is 404 g/mol. The van der Waals surface area contributed by atoms with Gasteiger partial charge in [-0.2, -0.15) is 0 Å². The maximum atomic E-state index is 11.7. The first kappa shape index (κ1) is 21.3. The zero-order chi connectivity index (χ0) is 21.4. The van der Waals surface area contributed by atoms with Gasteiger partial charge in [-0.15, -0.1) is 0 Å². The zero-order valence-corrected chi connectivity index (χ0v) is 17.7. The summed E-state index contributed by atoms with van der Waals surface area (Å²) in [6.45, 7) is 6.70. The predicted octanol–water partition coefficient (Wildman–Crippen LogP) is 5.14. The first-order valence-electron chi connectivity index (χ1n) is 10.1. The van der Waals surface area contributed by atoms with Crippen LogP contribution in [0.2, 0.25) is 0 Å². The van der Waals surface area contributed by atoms with Gasteiger partial charge in [-0.1, -0.05) is 60.7 Å². The molecule has 3 aromatic rings. The number of hydrogen-bond acceptors (Lipinski definition) is 5. The fraction of sp³-hybridized carbons (Fsp3) is 0.292. The van der Waals surface area contributed by atoms with Crippen molar-refractivity contribution in [3.05, 3.63) is 66.9 Å². The molecule has 0 saturated heterocycles. The van der Waals surface area contributed by atoms with Crippen LogP contribution in [0.15, 0.2) is 66.9 Å².